The highest BCUT2D eigenvalue weighted by atomic mass is 16.5. The molecule has 1 heterocycles. The molecule has 2 aromatic carbocycles. The van der Waals surface area contributed by atoms with Gasteiger partial charge in [-0.2, -0.15) is 0 Å². The maximum absolute atomic E-state index is 5.92. The molecule has 0 amide bonds. The van der Waals surface area contributed by atoms with Crippen LogP contribution in [0.15, 0.2) is 78.3 Å². The minimum absolute atomic E-state index is 0.368. The van der Waals surface area contributed by atoms with E-state index in [1.807, 2.05) is 65.4 Å². The summed E-state index contributed by atoms with van der Waals surface area (Å²) in [6, 6.07) is 17.2. The molecule has 24 heavy (non-hydrogen) atoms. The average molecular weight is 321 g/mol. The van der Waals surface area contributed by atoms with Gasteiger partial charge in [0.25, 0.3) is 0 Å². The second kappa shape index (κ2) is 7.82. The van der Waals surface area contributed by atoms with Crippen LogP contribution in [0.3, 0.4) is 0 Å². The lowest BCUT2D eigenvalue weighted by molar-refractivity contribution is 0.483. The summed E-state index contributed by atoms with van der Waals surface area (Å²) >= 11 is 0. The molecule has 3 rings (SSSR count). The summed E-state index contributed by atoms with van der Waals surface area (Å²) in [4.78, 5) is 8.29. The molecule has 6 nitrogen and oxygen atoms in total. The van der Waals surface area contributed by atoms with E-state index in [2.05, 4.69) is 15.3 Å². The van der Waals surface area contributed by atoms with Crippen molar-refractivity contribution in [3.63, 3.8) is 0 Å². The van der Waals surface area contributed by atoms with Crippen LogP contribution in [0.5, 0.6) is 11.5 Å². The molecular weight excluding hydrogens is 302 g/mol. The molecule has 0 aliphatic carbocycles. The van der Waals surface area contributed by atoms with Crippen molar-refractivity contribution in [2.24, 2.45) is 10.7 Å². The van der Waals surface area contributed by atoms with Crippen LogP contribution in [0, 0.1) is 0 Å². The van der Waals surface area contributed by atoms with E-state index in [4.69, 9.17) is 10.5 Å². The van der Waals surface area contributed by atoms with Gasteiger partial charge in [-0.25, -0.2) is 4.98 Å². The number of nitrogens with one attached hydrogen (secondary N) is 1. The van der Waals surface area contributed by atoms with E-state index >= 15 is 0 Å². The van der Waals surface area contributed by atoms with Gasteiger partial charge in [0, 0.05) is 30.7 Å². The zero-order valence-corrected chi connectivity index (χ0v) is 13.2. The van der Waals surface area contributed by atoms with E-state index in [1.54, 1.807) is 12.5 Å². The maximum atomic E-state index is 5.92. The fourth-order valence-corrected chi connectivity index (χ4v) is 2.15. The number of aliphatic imine (C=N–C) groups is 1. The molecule has 0 spiro atoms. The van der Waals surface area contributed by atoms with Crippen molar-refractivity contribution >= 4 is 11.6 Å². The van der Waals surface area contributed by atoms with Crippen molar-refractivity contribution in [2.45, 2.75) is 6.54 Å². The number of guanidine groups is 1. The normalized spacial score (nSPS) is 11.2. The topological polar surface area (TPSA) is 77.5 Å². The highest BCUT2D eigenvalue weighted by Gasteiger charge is 2.00. The third-order valence-corrected chi connectivity index (χ3v) is 3.28. The number of rotatable bonds is 6. The first-order valence-electron chi connectivity index (χ1n) is 7.65. The van der Waals surface area contributed by atoms with Crippen molar-refractivity contribution in [1.29, 1.82) is 0 Å². The smallest absolute Gasteiger partial charge is 0.193 e. The van der Waals surface area contributed by atoms with Gasteiger partial charge in [-0.15, -0.1) is 0 Å². The Balaban J connectivity index is 1.57. The van der Waals surface area contributed by atoms with Gasteiger partial charge >= 0.3 is 0 Å². The van der Waals surface area contributed by atoms with Crippen LogP contribution < -0.4 is 15.8 Å². The number of imidazole rings is 1. The standard InChI is InChI=1S/C18H19N5O/c19-18(21-10-12-23-11-9-20-14-23)22-15-5-4-8-17(13-15)24-16-6-2-1-3-7-16/h1-9,11,13-14H,10,12H2,(H3,19,21,22). The number of benzene rings is 2. The summed E-state index contributed by atoms with van der Waals surface area (Å²) in [6.07, 6.45) is 5.39. The van der Waals surface area contributed by atoms with Crippen LogP contribution in [0.2, 0.25) is 0 Å². The van der Waals surface area contributed by atoms with Crippen LogP contribution in [0.1, 0.15) is 0 Å². The van der Waals surface area contributed by atoms with Crippen molar-refractivity contribution < 1.29 is 4.74 Å². The maximum Gasteiger partial charge on any atom is 0.193 e. The number of hydrogen-bond acceptors (Lipinski definition) is 3. The summed E-state index contributed by atoms with van der Waals surface area (Å²) in [5.74, 6) is 1.89. The van der Waals surface area contributed by atoms with Gasteiger partial charge < -0.3 is 20.4 Å². The van der Waals surface area contributed by atoms with Crippen LogP contribution in [-0.2, 0) is 6.54 Å². The van der Waals surface area contributed by atoms with E-state index in [0.717, 1.165) is 23.7 Å². The molecular formula is C18H19N5O. The summed E-state index contributed by atoms with van der Waals surface area (Å²) in [5, 5.41) is 3.07. The van der Waals surface area contributed by atoms with Gasteiger partial charge in [0.2, 0.25) is 0 Å². The lowest BCUT2D eigenvalue weighted by Gasteiger charge is -2.09. The Morgan fingerprint density at radius 1 is 1.12 bits per heavy atom. The highest BCUT2D eigenvalue weighted by Crippen LogP contribution is 2.23. The van der Waals surface area contributed by atoms with Crippen molar-refractivity contribution in [2.75, 3.05) is 11.9 Å². The van der Waals surface area contributed by atoms with Gasteiger partial charge in [-0.3, -0.25) is 4.99 Å². The van der Waals surface area contributed by atoms with Crippen LogP contribution >= 0.6 is 0 Å². The lowest BCUT2D eigenvalue weighted by atomic mass is 10.3. The van der Waals surface area contributed by atoms with E-state index in [-0.39, 0.29) is 0 Å². The monoisotopic (exact) mass is 321 g/mol. The average Bonchev–Trinajstić information content (AvgIpc) is 3.09. The predicted octanol–water partition coefficient (Wildman–Crippen LogP) is 3.10. The molecule has 122 valence electrons. The fourth-order valence-electron chi connectivity index (χ4n) is 2.15. The first-order valence-corrected chi connectivity index (χ1v) is 7.65. The van der Waals surface area contributed by atoms with E-state index in [0.29, 0.717) is 12.5 Å². The molecule has 3 N–H and O–H groups in total. The highest BCUT2D eigenvalue weighted by molar-refractivity contribution is 5.92. The van der Waals surface area contributed by atoms with Crippen LogP contribution in [0.25, 0.3) is 0 Å². The number of aromatic nitrogens is 2. The summed E-state index contributed by atoms with van der Waals surface area (Å²) in [5.41, 5.74) is 6.75. The Morgan fingerprint density at radius 2 is 1.96 bits per heavy atom. The summed E-state index contributed by atoms with van der Waals surface area (Å²) in [7, 11) is 0. The summed E-state index contributed by atoms with van der Waals surface area (Å²) < 4.78 is 7.75. The number of hydrogen-bond donors (Lipinski definition) is 2. The Labute approximate surface area is 140 Å². The van der Waals surface area contributed by atoms with Crippen molar-refractivity contribution in [1.82, 2.24) is 9.55 Å². The zero-order valence-electron chi connectivity index (χ0n) is 13.2. The molecule has 0 bridgehead atoms. The van der Waals surface area contributed by atoms with Gasteiger partial charge in [0.15, 0.2) is 5.96 Å². The molecule has 0 aliphatic rings. The molecule has 0 radical (unpaired) electrons. The van der Waals surface area contributed by atoms with Crippen molar-refractivity contribution in [3.05, 3.63) is 73.3 Å². The summed E-state index contributed by atoms with van der Waals surface area (Å²) in [6.45, 7) is 1.31. The zero-order chi connectivity index (χ0) is 16.6. The predicted molar refractivity (Wildman–Crippen MR) is 95.3 cm³/mol. The number of ether oxygens (including phenoxy) is 1. The molecule has 0 saturated carbocycles. The van der Waals surface area contributed by atoms with Gasteiger partial charge in [0.05, 0.1) is 12.9 Å². The Hall–Kier alpha value is -3.28. The number of nitrogens with two attached hydrogens (primary N) is 1. The molecule has 0 aliphatic heterocycles. The van der Waals surface area contributed by atoms with E-state index < -0.39 is 0 Å². The van der Waals surface area contributed by atoms with E-state index in [9.17, 15) is 0 Å². The Morgan fingerprint density at radius 3 is 2.75 bits per heavy atom. The Kier molecular flexibility index (Phi) is 5.09. The lowest BCUT2D eigenvalue weighted by Crippen LogP contribution is -2.23. The molecule has 0 fully saturated rings. The fraction of sp³-hybridized carbons (Fsp3) is 0.111. The van der Waals surface area contributed by atoms with Gasteiger partial charge in [0.1, 0.15) is 11.5 Å². The van der Waals surface area contributed by atoms with Crippen LogP contribution in [-0.4, -0.2) is 22.1 Å². The molecule has 6 heteroatoms. The first-order chi connectivity index (χ1) is 11.8. The second-order valence-electron chi connectivity index (χ2n) is 5.14. The molecule has 3 aromatic rings. The van der Waals surface area contributed by atoms with Gasteiger partial charge in [-0.1, -0.05) is 24.3 Å². The van der Waals surface area contributed by atoms with E-state index in [1.165, 1.54) is 0 Å². The Bertz CT molecular complexity index is 784. The SMILES string of the molecule is NC(=NCCn1ccnc1)Nc1cccc(Oc2ccccc2)c1. The minimum atomic E-state index is 0.368. The minimum Gasteiger partial charge on any atom is -0.457 e. The van der Waals surface area contributed by atoms with Crippen LogP contribution in [0.4, 0.5) is 5.69 Å². The number of nitrogens with zero attached hydrogens (tertiary/aromatic N) is 3. The van der Waals surface area contributed by atoms with Crippen molar-refractivity contribution in [3.8, 4) is 11.5 Å². The molecule has 1 aromatic heterocycles. The quantitative estimate of drug-likeness (QED) is 0.540. The molecule has 0 saturated heterocycles. The second-order valence-corrected chi connectivity index (χ2v) is 5.14. The number of anilines is 1. The third kappa shape index (κ3) is 4.61. The third-order valence-electron chi connectivity index (χ3n) is 3.28. The molecule has 0 unspecified atom stereocenters. The first kappa shape index (κ1) is 15.6. The molecule has 0 atom stereocenters. The van der Waals surface area contributed by atoms with Gasteiger partial charge in [-0.05, 0) is 24.3 Å². The number of para-hydroxylation sites is 1. The largest absolute Gasteiger partial charge is 0.457 e.